The third-order valence-corrected chi connectivity index (χ3v) is 5.42. The zero-order valence-corrected chi connectivity index (χ0v) is 19.1. The molecule has 0 aliphatic heterocycles. The van der Waals surface area contributed by atoms with Gasteiger partial charge >= 0.3 is 5.97 Å². The lowest BCUT2D eigenvalue weighted by atomic mass is 9.97. The third kappa shape index (κ3) is 4.60. The molecule has 0 saturated carbocycles. The lowest BCUT2D eigenvalue weighted by molar-refractivity contribution is 0.0601. The number of halogens is 1. The van der Waals surface area contributed by atoms with Gasteiger partial charge in [0.15, 0.2) is 0 Å². The van der Waals surface area contributed by atoms with Crippen LogP contribution in [0.25, 0.3) is 34.0 Å². The Hall–Kier alpha value is -3.68. The minimum atomic E-state index is -0.513. The van der Waals surface area contributed by atoms with Crippen LogP contribution >= 0.6 is 11.6 Å². The quantitative estimate of drug-likeness (QED) is 0.326. The first-order valence-corrected chi connectivity index (χ1v) is 10.4. The second kappa shape index (κ2) is 9.85. The number of hydrogen-bond donors (Lipinski definition) is 0. The number of aromatic nitrogens is 2. The molecule has 8 heteroatoms. The van der Waals surface area contributed by atoms with Crippen LogP contribution in [0.1, 0.15) is 15.9 Å². The highest BCUT2D eigenvalue weighted by Crippen LogP contribution is 2.35. The van der Waals surface area contributed by atoms with Gasteiger partial charge in [-0.05, 0) is 41.5 Å². The molecule has 0 amide bonds. The average molecular weight is 465 g/mol. The van der Waals surface area contributed by atoms with Crippen LogP contribution in [0.2, 0.25) is 5.02 Å². The molecule has 4 aromatic rings. The summed E-state index contributed by atoms with van der Waals surface area (Å²) >= 11 is 6.22. The topological polar surface area (TPSA) is 83.7 Å². The number of para-hydroxylation sites is 1. The number of rotatable bonds is 7. The van der Waals surface area contributed by atoms with Gasteiger partial charge in [0, 0.05) is 23.8 Å². The fourth-order valence-corrected chi connectivity index (χ4v) is 3.78. The van der Waals surface area contributed by atoms with Crippen molar-refractivity contribution in [2.75, 3.05) is 21.3 Å². The van der Waals surface area contributed by atoms with Gasteiger partial charge < -0.3 is 18.7 Å². The molecule has 0 fully saturated rings. The Morgan fingerprint density at radius 1 is 0.970 bits per heavy atom. The summed E-state index contributed by atoms with van der Waals surface area (Å²) in [5.41, 5.74) is 4.53. The number of ether oxygens (including phenoxy) is 3. The van der Waals surface area contributed by atoms with Gasteiger partial charge in [-0.3, -0.25) is 0 Å². The first kappa shape index (κ1) is 22.5. The molecule has 0 unspecified atom stereocenters. The Balaban J connectivity index is 1.69. The summed E-state index contributed by atoms with van der Waals surface area (Å²) in [6, 6.07) is 18.5. The second-order valence-electron chi connectivity index (χ2n) is 7.11. The smallest absolute Gasteiger partial charge is 0.339 e. The molecule has 0 atom stereocenters. The number of nitrogens with zero attached hydrogens (tertiary/aromatic N) is 2. The van der Waals surface area contributed by atoms with Crippen LogP contribution in [0.15, 0.2) is 65.2 Å². The molecule has 0 spiro atoms. The molecular weight excluding hydrogens is 444 g/mol. The van der Waals surface area contributed by atoms with E-state index in [1.807, 2.05) is 42.5 Å². The van der Waals surface area contributed by atoms with Crippen molar-refractivity contribution in [2.24, 2.45) is 0 Å². The Labute approximate surface area is 195 Å². The van der Waals surface area contributed by atoms with Gasteiger partial charge in [-0.2, -0.15) is 4.98 Å². The van der Waals surface area contributed by atoms with Gasteiger partial charge in [0.05, 0.1) is 31.4 Å². The number of benzene rings is 3. The fourth-order valence-electron chi connectivity index (χ4n) is 3.52. The van der Waals surface area contributed by atoms with Gasteiger partial charge in [-0.15, -0.1) is 0 Å². The van der Waals surface area contributed by atoms with E-state index in [4.69, 9.17) is 30.3 Å². The molecule has 7 nitrogen and oxygen atoms in total. The minimum Gasteiger partial charge on any atom is -0.496 e. The Kier molecular flexibility index (Phi) is 6.72. The van der Waals surface area contributed by atoms with Crippen molar-refractivity contribution in [1.29, 1.82) is 0 Å². The number of esters is 1. The maximum Gasteiger partial charge on any atom is 0.339 e. The molecule has 0 N–H and O–H groups in total. The van der Waals surface area contributed by atoms with E-state index >= 15 is 0 Å². The van der Waals surface area contributed by atoms with Crippen LogP contribution in [0, 0.1) is 0 Å². The van der Waals surface area contributed by atoms with Crippen LogP contribution in [0.3, 0.4) is 0 Å². The summed E-state index contributed by atoms with van der Waals surface area (Å²) in [6.45, 7) is 0.396. The van der Waals surface area contributed by atoms with Gasteiger partial charge in [0.2, 0.25) is 5.82 Å². The molecule has 3 aromatic carbocycles. The molecule has 1 aromatic heterocycles. The number of carbonyl (C=O) groups is 1. The zero-order chi connectivity index (χ0) is 23.4. The summed E-state index contributed by atoms with van der Waals surface area (Å²) < 4.78 is 21.2. The first-order chi connectivity index (χ1) is 16.0. The van der Waals surface area contributed by atoms with Gasteiger partial charge in [-0.1, -0.05) is 47.1 Å². The summed E-state index contributed by atoms with van der Waals surface area (Å²) in [5.74, 6) is 0.962. The summed E-state index contributed by atoms with van der Waals surface area (Å²) in [6.07, 6.45) is 0. The number of hydrogen-bond acceptors (Lipinski definition) is 7. The molecule has 168 valence electrons. The molecule has 0 radical (unpaired) electrons. The third-order valence-electron chi connectivity index (χ3n) is 5.11. The number of carbonyl (C=O) groups excluding carboxylic acids is 1. The lowest BCUT2D eigenvalue weighted by Gasteiger charge is -2.13. The summed E-state index contributed by atoms with van der Waals surface area (Å²) in [4.78, 5) is 16.3. The van der Waals surface area contributed by atoms with Crippen molar-refractivity contribution in [3.05, 3.63) is 76.8 Å². The highest BCUT2D eigenvalue weighted by atomic mass is 35.5. The lowest BCUT2D eigenvalue weighted by Crippen LogP contribution is -2.01. The maximum atomic E-state index is 11.8. The SMILES string of the molecule is COCc1cc(-c2nc(-c3ccc(C(=O)OC)c(Cl)c3)no2)ccc1-c1ccccc1OC. The molecule has 1 heterocycles. The zero-order valence-electron chi connectivity index (χ0n) is 18.3. The van der Waals surface area contributed by atoms with E-state index < -0.39 is 5.97 Å². The van der Waals surface area contributed by atoms with Gasteiger partial charge in [0.25, 0.3) is 5.89 Å². The molecule has 0 aliphatic rings. The van der Waals surface area contributed by atoms with E-state index in [1.54, 1.807) is 32.4 Å². The summed E-state index contributed by atoms with van der Waals surface area (Å²) in [5, 5.41) is 4.31. The van der Waals surface area contributed by atoms with Gasteiger partial charge in [0.1, 0.15) is 5.75 Å². The van der Waals surface area contributed by atoms with Gasteiger partial charge in [-0.25, -0.2) is 4.79 Å². The predicted octanol–water partition coefficient (Wildman–Crippen LogP) is 5.67. The normalized spacial score (nSPS) is 10.8. The van der Waals surface area contributed by atoms with E-state index in [2.05, 4.69) is 10.1 Å². The fraction of sp³-hybridized carbons (Fsp3) is 0.160. The van der Waals surface area contributed by atoms with E-state index in [-0.39, 0.29) is 10.6 Å². The van der Waals surface area contributed by atoms with Crippen molar-refractivity contribution in [3.63, 3.8) is 0 Å². The molecule has 33 heavy (non-hydrogen) atoms. The highest BCUT2D eigenvalue weighted by molar-refractivity contribution is 6.33. The van der Waals surface area contributed by atoms with E-state index in [0.717, 1.165) is 28.0 Å². The predicted molar refractivity (Wildman–Crippen MR) is 124 cm³/mol. The van der Waals surface area contributed by atoms with E-state index in [0.29, 0.717) is 23.9 Å². The first-order valence-electron chi connectivity index (χ1n) is 10.0. The van der Waals surface area contributed by atoms with E-state index in [1.165, 1.54) is 7.11 Å². The summed E-state index contributed by atoms with van der Waals surface area (Å²) in [7, 11) is 4.59. The standard InChI is InChI=1S/C25H21ClN2O5/c1-30-14-17-12-16(9-10-18(17)19-6-4-5-7-22(19)31-2)24-27-23(28-33-24)15-8-11-20(21(26)13-15)25(29)32-3/h4-13H,14H2,1-3H3. The second-order valence-corrected chi connectivity index (χ2v) is 7.52. The van der Waals surface area contributed by atoms with Crippen LogP contribution in [0.4, 0.5) is 0 Å². The van der Waals surface area contributed by atoms with Crippen molar-refractivity contribution in [3.8, 4) is 39.7 Å². The molecular formula is C25H21ClN2O5. The molecule has 0 bridgehead atoms. The van der Waals surface area contributed by atoms with Crippen LogP contribution in [-0.4, -0.2) is 37.4 Å². The van der Waals surface area contributed by atoms with Crippen molar-refractivity contribution >= 4 is 17.6 Å². The highest BCUT2D eigenvalue weighted by Gasteiger charge is 2.17. The Morgan fingerprint density at radius 2 is 1.76 bits per heavy atom. The Bertz CT molecular complexity index is 1300. The van der Waals surface area contributed by atoms with Crippen LogP contribution < -0.4 is 4.74 Å². The molecule has 0 aliphatic carbocycles. The monoisotopic (exact) mass is 464 g/mol. The van der Waals surface area contributed by atoms with Crippen LogP contribution in [0.5, 0.6) is 5.75 Å². The Morgan fingerprint density at radius 3 is 2.48 bits per heavy atom. The van der Waals surface area contributed by atoms with Crippen molar-refractivity contribution in [1.82, 2.24) is 10.1 Å². The molecule has 4 rings (SSSR count). The van der Waals surface area contributed by atoms with Crippen molar-refractivity contribution < 1.29 is 23.5 Å². The van der Waals surface area contributed by atoms with Crippen molar-refractivity contribution in [2.45, 2.75) is 6.61 Å². The number of methoxy groups -OCH3 is 3. The maximum absolute atomic E-state index is 11.8. The minimum absolute atomic E-state index is 0.245. The largest absolute Gasteiger partial charge is 0.496 e. The molecule has 0 saturated heterocycles. The van der Waals surface area contributed by atoms with Crippen LogP contribution in [-0.2, 0) is 16.1 Å². The van der Waals surface area contributed by atoms with E-state index in [9.17, 15) is 4.79 Å². The average Bonchev–Trinajstić information content (AvgIpc) is 3.34.